The molecule has 0 amide bonds. The van der Waals surface area contributed by atoms with E-state index in [1.54, 1.807) is 12.1 Å². The summed E-state index contributed by atoms with van der Waals surface area (Å²) in [7, 11) is 0. The highest BCUT2D eigenvalue weighted by atomic mass is 32.2. The van der Waals surface area contributed by atoms with Gasteiger partial charge in [0.05, 0.1) is 5.56 Å². The topological polar surface area (TPSA) is 0 Å². The fraction of sp³-hybridized carbons (Fsp3) is 0.455. The molecule has 0 radical (unpaired) electrons. The van der Waals surface area contributed by atoms with Gasteiger partial charge in [0.15, 0.2) is 0 Å². The van der Waals surface area contributed by atoms with E-state index in [4.69, 9.17) is 0 Å². The molecule has 1 rings (SSSR count). The molecule has 0 saturated carbocycles. The molecule has 0 N–H and O–H groups in total. The van der Waals surface area contributed by atoms with E-state index in [0.29, 0.717) is 11.3 Å². The number of rotatable bonds is 4. The quantitative estimate of drug-likeness (QED) is 0.698. The summed E-state index contributed by atoms with van der Waals surface area (Å²) in [5.41, 5.74) is -0.128. The Morgan fingerprint density at radius 2 is 1.87 bits per heavy atom. The van der Waals surface area contributed by atoms with Gasteiger partial charge in [0.1, 0.15) is 0 Å². The Hall–Kier alpha value is -0.640. The summed E-state index contributed by atoms with van der Waals surface area (Å²) in [6.45, 7) is 2.02. The normalized spacial score (nSPS) is 11.7. The summed E-state index contributed by atoms with van der Waals surface area (Å²) in [5, 5.41) is 0. The summed E-state index contributed by atoms with van der Waals surface area (Å²) < 4.78 is 37.6. The van der Waals surface area contributed by atoms with Crippen molar-refractivity contribution in [2.45, 2.75) is 25.3 Å². The van der Waals surface area contributed by atoms with Crippen molar-refractivity contribution in [2.24, 2.45) is 0 Å². The van der Waals surface area contributed by atoms with Crippen LogP contribution in [-0.2, 0) is 11.9 Å². The Morgan fingerprint density at radius 1 is 1.20 bits per heavy atom. The Morgan fingerprint density at radius 3 is 2.47 bits per heavy atom. The lowest BCUT2D eigenvalue weighted by atomic mass is 10.1. The van der Waals surface area contributed by atoms with Crippen molar-refractivity contribution < 1.29 is 13.2 Å². The zero-order valence-corrected chi connectivity index (χ0v) is 9.29. The zero-order chi connectivity index (χ0) is 11.3. The second-order valence-electron chi connectivity index (χ2n) is 3.21. The minimum Gasteiger partial charge on any atom is -0.166 e. The number of halogens is 3. The van der Waals surface area contributed by atoms with E-state index in [2.05, 4.69) is 0 Å². The van der Waals surface area contributed by atoms with Crippen LogP contribution in [0.5, 0.6) is 0 Å². The molecule has 0 nitrogen and oxygen atoms in total. The summed E-state index contributed by atoms with van der Waals surface area (Å²) >= 11 is 1.54. The summed E-state index contributed by atoms with van der Waals surface area (Å²) in [4.78, 5) is 0. The van der Waals surface area contributed by atoms with E-state index >= 15 is 0 Å². The monoisotopic (exact) mass is 234 g/mol. The number of thioether (sulfide) groups is 1. The Kier molecular flexibility index (Phi) is 4.51. The van der Waals surface area contributed by atoms with Crippen LogP contribution in [0.3, 0.4) is 0 Å². The lowest BCUT2D eigenvalue weighted by Gasteiger charge is -2.11. The third kappa shape index (κ3) is 3.78. The van der Waals surface area contributed by atoms with Crippen LogP contribution in [0, 0.1) is 0 Å². The van der Waals surface area contributed by atoms with Crippen LogP contribution >= 0.6 is 11.8 Å². The van der Waals surface area contributed by atoms with Crippen molar-refractivity contribution in [1.82, 2.24) is 0 Å². The Balaban J connectivity index is 2.78. The van der Waals surface area contributed by atoms with E-state index in [9.17, 15) is 13.2 Å². The van der Waals surface area contributed by atoms with Gasteiger partial charge in [0.2, 0.25) is 0 Å². The van der Waals surface area contributed by atoms with Gasteiger partial charge >= 0.3 is 6.18 Å². The van der Waals surface area contributed by atoms with Crippen LogP contribution in [0.2, 0.25) is 0 Å². The smallest absolute Gasteiger partial charge is 0.166 e. The van der Waals surface area contributed by atoms with Crippen molar-refractivity contribution in [2.75, 3.05) is 5.75 Å². The van der Waals surface area contributed by atoms with Gasteiger partial charge in [-0.3, -0.25) is 0 Å². The average molecular weight is 234 g/mol. The average Bonchev–Trinajstić information content (AvgIpc) is 2.17. The van der Waals surface area contributed by atoms with Crippen molar-refractivity contribution >= 4 is 11.8 Å². The molecular weight excluding hydrogens is 221 g/mol. The lowest BCUT2D eigenvalue weighted by molar-refractivity contribution is -0.138. The summed E-state index contributed by atoms with van der Waals surface area (Å²) in [5.74, 6) is 1.33. The van der Waals surface area contributed by atoms with Crippen molar-refractivity contribution in [3.8, 4) is 0 Å². The maximum atomic E-state index is 12.5. The van der Waals surface area contributed by atoms with E-state index in [-0.39, 0.29) is 0 Å². The molecule has 0 unspecified atom stereocenters. The molecule has 0 aliphatic carbocycles. The molecular formula is C11H13F3S. The minimum absolute atomic E-state index is 0.378. The van der Waals surface area contributed by atoms with Gasteiger partial charge in [-0.15, -0.1) is 0 Å². The standard InChI is InChI=1S/C11H13F3S/c1-2-7-15-8-9-5-3-4-6-10(9)11(12,13)14/h3-6H,2,7-8H2,1H3. The minimum atomic E-state index is -4.23. The molecule has 0 atom stereocenters. The van der Waals surface area contributed by atoms with Gasteiger partial charge in [-0.2, -0.15) is 24.9 Å². The van der Waals surface area contributed by atoms with Crippen LogP contribution in [0.4, 0.5) is 13.2 Å². The number of hydrogen-bond acceptors (Lipinski definition) is 1. The molecule has 84 valence electrons. The molecule has 0 aromatic heterocycles. The van der Waals surface area contributed by atoms with Crippen LogP contribution in [0.25, 0.3) is 0 Å². The van der Waals surface area contributed by atoms with Gasteiger partial charge in [0, 0.05) is 5.75 Å². The van der Waals surface area contributed by atoms with Gasteiger partial charge in [-0.05, 0) is 23.8 Å². The first kappa shape index (κ1) is 12.4. The molecule has 0 saturated heterocycles. The number of benzene rings is 1. The molecule has 0 aliphatic heterocycles. The maximum absolute atomic E-state index is 12.5. The summed E-state index contributed by atoms with van der Waals surface area (Å²) in [6.07, 6.45) is -3.25. The SMILES string of the molecule is CCCSCc1ccccc1C(F)(F)F. The van der Waals surface area contributed by atoms with Crippen molar-refractivity contribution in [1.29, 1.82) is 0 Å². The first-order valence-corrected chi connectivity index (χ1v) is 5.94. The predicted molar refractivity (Wildman–Crippen MR) is 57.9 cm³/mol. The molecule has 0 bridgehead atoms. The van der Waals surface area contributed by atoms with Gasteiger partial charge in [-0.1, -0.05) is 25.1 Å². The van der Waals surface area contributed by atoms with E-state index in [1.807, 2.05) is 6.92 Å². The molecule has 15 heavy (non-hydrogen) atoms. The molecule has 1 aromatic carbocycles. The highest BCUT2D eigenvalue weighted by Crippen LogP contribution is 2.33. The first-order valence-electron chi connectivity index (χ1n) is 4.78. The fourth-order valence-electron chi connectivity index (χ4n) is 1.25. The lowest BCUT2D eigenvalue weighted by Crippen LogP contribution is -2.08. The second-order valence-corrected chi connectivity index (χ2v) is 4.31. The molecule has 0 heterocycles. The predicted octanol–water partition coefficient (Wildman–Crippen LogP) is 4.35. The fourth-order valence-corrected chi connectivity index (χ4v) is 2.15. The maximum Gasteiger partial charge on any atom is 0.416 e. The van der Waals surface area contributed by atoms with Crippen LogP contribution in [0.1, 0.15) is 24.5 Å². The van der Waals surface area contributed by atoms with E-state index in [1.165, 1.54) is 17.8 Å². The highest BCUT2D eigenvalue weighted by molar-refractivity contribution is 7.98. The summed E-state index contributed by atoms with van der Waals surface area (Å²) in [6, 6.07) is 5.77. The first-order chi connectivity index (χ1) is 7.05. The largest absolute Gasteiger partial charge is 0.416 e. The third-order valence-electron chi connectivity index (χ3n) is 1.93. The zero-order valence-electron chi connectivity index (χ0n) is 8.47. The van der Waals surface area contributed by atoms with Crippen molar-refractivity contribution in [3.63, 3.8) is 0 Å². The Bertz CT molecular complexity index is 307. The number of alkyl halides is 3. The highest BCUT2D eigenvalue weighted by Gasteiger charge is 2.32. The van der Waals surface area contributed by atoms with Gasteiger partial charge in [0.25, 0.3) is 0 Å². The van der Waals surface area contributed by atoms with Crippen molar-refractivity contribution in [3.05, 3.63) is 35.4 Å². The molecule has 0 fully saturated rings. The van der Waals surface area contributed by atoms with Crippen LogP contribution < -0.4 is 0 Å². The molecule has 0 spiro atoms. The van der Waals surface area contributed by atoms with E-state index in [0.717, 1.165) is 18.2 Å². The third-order valence-corrected chi connectivity index (χ3v) is 3.14. The van der Waals surface area contributed by atoms with Gasteiger partial charge < -0.3 is 0 Å². The van der Waals surface area contributed by atoms with Crippen LogP contribution in [0.15, 0.2) is 24.3 Å². The second kappa shape index (κ2) is 5.45. The molecule has 1 aromatic rings. The van der Waals surface area contributed by atoms with E-state index < -0.39 is 11.7 Å². The molecule has 4 heteroatoms. The van der Waals surface area contributed by atoms with Gasteiger partial charge in [-0.25, -0.2) is 0 Å². The Labute approximate surface area is 91.9 Å². The molecule has 0 aliphatic rings. The number of hydrogen-bond donors (Lipinski definition) is 0. The van der Waals surface area contributed by atoms with Crippen LogP contribution in [-0.4, -0.2) is 5.75 Å².